The van der Waals surface area contributed by atoms with Gasteiger partial charge in [0.2, 0.25) is 5.91 Å². The second-order valence-electron chi connectivity index (χ2n) is 2.47. The van der Waals surface area contributed by atoms with E-state index in [4.69, 9.17) is 11.6 Å². The van der Waals surface area contributed by atoms with Gasteiger partial charge in [-0.05, 0) is 22.0 Å². The van der Waals surface area contributed by atoms with Crippen molar-refractivity contribution < 1.29 is 9.53 Å². The van der Waals surface area contributed by atoms with Crippen LogP contribution in [0.5, 0.6) is 0 Å². The maximum Gasteiger partial charge on any atom is 0.250 e. The summed E-state index contributed by atoms with van der Waals surface area (Å²) in [5, 5.41) is 3.05. The molecule has 0 aromatic carbocycles. The minimum absolute atomic E-state index is 0.00104. The summed E-state index contributed by atoms with van der Waals surface area (Å²) in [6.07, 6.45) is 1.48. The highest BCUT2D eigenvalue weighted by atomic mass is 79.9. The van der Waals surface area contributed by atoms with Crippen molar-refractivity contribution in [3.8, 4) is 0 Å². The van der Waals surface area contributed by atoms with Crippen LogP contribution in [0.2, 0.25) is 5.02 Å². The predicted octanol–water partition coefficient (Wildman–Crippen LogP) is 2.08. The molecule has 0 radical (unpaired) electrons. The van der Waals surface area contributed by atoms with Crippen LogP contribution in [0.1, 0.15) is 0 Å². The summed E-state index contributed by atoms with van der Waals surface area (Å²) in [4.78, 5) is 15.1. The monoisotopic (exact) mass is 278 g/mol. The number of nitrogens with one attached hydrogen (secondary N) is 1. The molecule has 1 heterocycles. The molecule has 1 aromatic rings. The first kappa shape index (κ1) is 11.4. The van der Waals surface area contributed by atoms with E-state index in [0.717, 1.165) is 0 Å². The summed E-state index contributed by atoms with van der Waals surface area (Å²) in [5.74, 6) is -0.253. The van der Waals surface area contributed by atoms with Crippen LogP contribution >= 0.6 is 27.5 Å². The normalized spacial score (nSPS) is 9.93. The van der Waals surface area contributed by atoms with Crippen LogP contribution in [0.4, 0.5) is 5.69 Å². The zero-order chi connectivity index (χ0) is 10.6. The highest BCUT2D eigenvalue weighted by molar-refractivity contribution is 9.10. The van der Waals surface area contributed by atoms with E-state index in [-0.39, 0.29) is 12.5 Å². The molecule has 1 amide bonds. The van der Waals surface area contributed by atoms with Crippen molar-refractivity contribution in [2.24, 2.45) is 0 Å². The highest BCUT2D eigenvalue weighted by Crippen LogP contribution is 2.22. The van der Waals surface area contributed by atoms with Gasteiger partial charge in [0.25, 0.3) is 0 Å². The molecule has 0 atom stereocenters. The summed E-state index contributed by atoms with van der Waals surface area (Å²) in [5.41, 5.74) is 0.527. The minimum Gasteiger partial charge on any atom is -0.375 e. The molecule has 14 heavy (non-hydrogen) atoms. The number of anilines is 1. The Labute approximate surface area is 94.7 Å². The molecule has 0 aliphatic heterocycles. The smallest absolute Gasteiger partial charge is 0.250 e. The standard InChI is InChI=1S/C8H8BrClN2O2/c1-14-4-7(13)12-6-2-5(10)3-11-8(6)9/h2-3H,4H2,1H3,(H,12,13). The zero-order valence-corrected chi connectivity index (χ0v) is 9.72. The van der Waals surface area contributed by atoms with Gasteiger partial charge in [0.05, 0.1) is 10.7 Å². The number of rotatable bonds is 3. The van der Waals surface area contributed by atoms with E-state index < -0.39 is 0 Å². The maximum absolute atomic E-state index is 11.1. The molecular formula is C8H8BrClN2O2. The van der Waals surface area contributed by atoms with Gasteiger partial charge in [-0.2, -0.15) is 0 Å². The van der Waals surface area contributed by atoms with Crippen molar-refractivity contribution in [3.63, 3.8) is 0 Å². The van der Waals surface area contributed by atoms with Crippen molar-refractivity contribution in [2.75, 3.05) is 19.0 Å². The van der Waals surface area contributed by atoms with Gasteiger partial charge in [-0.3, -0.25) is 4.79 Å². The minimum atomic E-state index is -0.253. The number of ether oxygens (including phenoxy) is 1. The highest BCUT2D eigenvalue weighted by Gasteiger charge is 2.06. The Bertz CT molecular complexity index is 346. The molecule has 0 spiro atoms. The van der Waals surface area contributed by atoms with E-state index in [1.807, 2.05) is 0 Å². The summed E-state index contributed by atoms with van der Waals surface area (Å²) in [6.45, 7) is -0.00104. The quantitative estimate of drug-likeness (QED) is 0.862. The second-order valence-corrected chi connectivity index (χ2v) is 3.66. The summed E-state index contributed by atoms with van der Waals surface area (Å²) in [6, 6.07) is 1.60. The lowest BCUT2D eigenvalue weighted by Crippen LogP contribution is -2.17. The molecule has 0 aliphatic rings. The number of hydrogen-bond donors (Lipinski definition) is 1. The molecule has 0 saturated heterocycles. The first-order valence-electron chi connectivity index (χ1n) is 3.73. The Hall–Kier alpha value is -0.650. The van der Waals surface area contributed by atoms with Gasteiger partial charge < -0.3 is 10.1 Å². The average molecular weight is 280 g/mol. The van der Waals surface area contributed by atoms with Crippen LogP contribution in [-0.4, -0.2) is 24.6 Å². The van der Waals surface area contributed by atoms with Gasteiger partial charge in [0.1, 0.15) is 11.2 Å². The molecule has 0 unspecified atom stereocenters. The molecule has 1 N–H and O–H groups in total. The number of carbonyl (C=O) groups excluding carboxylic acids is 1. The number of halogens is 2. The first-order valence-corrected chi connectivity index (χ1v) is 4.90. The van der Waals surface area contributed by atoms with E-state index in [2.05, 4.69) is 31.0 Å². The SMILES string of the molecule is COCC(=O)Nc1cc(Cl)cnc1Br. The van der Waals surface area contributed by atoms with E-state index in [0.29, 0.717) is 15.3 Å². The molecule has 1 rings (SSSR count). The molecule has 0 fully saturated rings. The topological polar surface area (TPSA) is 51.2 Å². The maximum atomic E-state index is 11.1. The molecule has 4 nitrogen and oxygen atoms in total. The number of carbonyl (C=O) groups is 1. The number of methoxy groups -OCH3 is 1. The van der Waals surface area contributed by atoms with Gasteiger partial charge in [0.15, 0.2) is 0 Å². The number of amides is 1. The summed E-state index contributed by atoms with van der Waals surface area (Å²) >= 11 is 8.90. The Morgan fingerprint density at radius 2 is 2.50 bits per heavy atom. The summed E-state index contributed by atoms with van der Waals surface area (Å²) < 4.78 is 5.20. The van der Waals surface area contributed by atoms with Gasteiger partial charge in [-0.1, -0.05) is 11.6 Å². The van der Waals surface area contributed by atoms with Gasteiger partial charge in [-0.25, -0.2) is 4.98 Å². The van der Waals surface area contributed by atoms with Gasteiger partial charge >= 0.3 is 0 Å². The zero-order valence-electron chi connectivity index (χ0n) is 7.38. The Morgan fingerprint density at radius 3 is 3.14 bits per heavy atom. The van der Waals surface area contributed by atoms with Crippen LogP contribution < -0.4 is 5.32 Å². The van der Waals surface area contributed by atoms with Gasteiger partial charge in [0, 0.05) is 13.3 Å². The van der Waals surface area contributed by atoms with Crippen LogP contribution in [0, 0.1) is 0 Å². The molecule has 0 saturated carbocycles. The molecule has 76 valence electrons. The lowest BCUT2D eigenvalue weighted by atomic mass is 10.4. The molecule has 6 heteroatoms. The number of nitrogens with zero attached hydrogens (tertiary/aromatic N) is 1. The van der Waals surface area contributed by atoms with Crippen LogP contribution in [0.3, 0.4) is 0 Å². The van der Waals surface area contributed by atoms with E-state index in [1.165, 1.54) is 13.3 Å². The number of hydrogen-bond acceptors (Lipinski definition) is 3. The number of pyridine rings is 1. The fraction of sp³-hybridized carbons (Fsp3) is 0.250. The Balaban J connectivity index is 2.75. The third kappa shape index (κ3) is 3.25. The van der Waals surface area contributed by atoms with E-state index >= 15 is 0 Å². The van der Waals surface area contributed by atoms with Crippen molar-refractivity contribution in [1.82, 2.24) is 4.98 Å². The van der Waals surface area contributed by atoms with E-state index in [1.54, 1.807) is 6.07 Å². The Kier molecular flexibility index (Phi) is 4.31. The molecular weight excluding hydrogens is 271 g/mol. The van der Waals surface area contributed by atoms with Gasteiger partial charge in [-0.15, -0.1) is 0 Å². The molecule has 0 aliphatic carbocycles. The van der Waals surface area contributed by atoms with Crippen LogP contribution in [-0.2, 0) is 9.53 Å². The van der Waals surface area contributed by atoms with E-state index in [9.17, 15) is 4.79 Å². The predicted molar refractivity (Wildman–Crippen MR) is 57.5 cm³/mol. The molecule has 0 bridgehead atoms. The lowest BCUT2D eigenvalue weighted by molar-refractivity contribution is -0.119. The van der Waals surface area contributed by atoms with Crippen molar-refractivity contribution >= 4 is 39.1 Å². The fourth-order valence-corrected chi connectivity index (χ4v) is 1.30. The third-order valence-electron chi connectivity index (χ3n) is 1.36. The largest absolute Gasteiger partial charge is 0.375 e. The second kappa shape index (κ2) is 5.29. The average Bonchev–Trinajstić information content (AvgIpc) is 2.12. The van der Waals surface area contributed by atoms with Crippen molar-refractivity contribution in [2.45, 2.75) is 0 Å². The third-order valence-corrected chi connectivity index (χ3v) is 2.19. The van der Waals surface area contributed by atoms with Crippen LogP contribution in [0.25, 0.3) is 0 Å². The first-order chi connectivity index (χ1) is 6.63. The van der Waals surface area contributed by atoms with Crippen molar-refractivity contribution in [3.05, 3.63) is 21.9 Å². The fourth-order valence-electron chi connectivity index (χ4n) is 0.828. The molecule has 1 aromatic heterocycles. The lowest BCUT2D eigenvalue weighted by Gasteiger charge is -2.05. The number of aromatic nitrogens is 1. The Morgan fingerprint density at radius 1 is 1.79 bits per heavy atom. The van der Waals surface area contributed by atoms with Crippen LogP contribution in [0.15, 0.2) is 16.9 Å². The summed E-state index contributed by atoms with van der Waals surface area (Å²) in [7, 11) is 1.45. The van der Waals surface area contributed by atoms with Crippen molar-refractivity contribution in [1.29, 1.82) is 0 Å².